The minimum absolute atomic E-state index is 0. The average molecular weight is 338 g/mol. The van der Waals surface area contributed by atoms with Gasteiger partial charge in [-0.05, 0) is 43.9 Å². The molecule has 0 atom stereocenters. The number of nitrogens with two attached hydrogens (primary N) is 1. The summed E-state index contributed by atoms with van der Waals surface area (Å²) in [5, 5.41) is 4.30. The number of carbonyl (C=O) groups excluding carboxylic acids is 1. The zero-order valence-electron chi connectivity index (χ0n) is 13.6. The van der Waals surface area contributed by atoms with Gasteiger partial charge >= 0.3 is 0 Å². The lowest BCUT2D eigenvalue weighted by molar-refractivity contribution is -0.121. The number of hydrogen-bond acceptors (Lipinski definition) is 2. The highest BCUT2D eigenvalue weighted by atomic mass is 35.5. The zero-order chi connectivity index (χ0) is 15.6. The standard InChI is InChI=1S/C18H27N3O.ClH/c19-12-6-2-1-3-11-18(22)20-13-7-8-15-14-21-17-10-5-4-9-16(15)17;/h4-5,9-10,14,21H,1-3,6-8,11-13,19H2,(H,20,22);1H. The van der Waals surface area contributed by atoms with E-state index in [1.165, 1.54) is 16.5 Å². The molecule has 128 valence electrons. The molecule has 23 heavy (non-hydrogen) atoms. The minimum atomic E-state index is 0. The number of aromatic nitrogens is 1. The molecule has 0 fully saturated rings. The van der Waals surface area contributed by atoms with Gasteiger partial charge in [0.1, 0.15) is 0 Å². The molecule has 0 saturated carbocycles. The van der Waals surface area contributed by atoms with Crippen LogP contribution in [0.2, 0.25) is 0 Å². The predicted molar refractivity (Wildman–Crippen MR) is 99.0 cm³/mol. The molecule has 1 aromatic carbocycles. The van der Waals surface area contributed by atoms with Crippen molar-refractivity contribution in [2.75, 3.05) is 13.1 Å². The first-order valence-corrected chi connectivity index (χ1v) is 8.33. The van der Waals surface area contributed by atoms with E-state index < -0.39 is 0 Å². The fourth-order valence-corrected chi connectivity index (χ4v) is 2.72. The van der Waals surface area contributed by atoms with Crippen molar-refractivity contribution in [3.63, 3.8) is 0 Å². The number of aromatic amines is 1. The van der Waals surface area contributed by atoms with E-state index in [2.05, 4.69) is 34.7 Å². The summed E-state index contributed by atoms with van der Waals surface area (Å²) in [6.45, 7) is 1.50. The Morgan fingerprint density at radius 2 is 1.87 bits per heavy atom. The van der Waals surface area contributed by atoms with Crippen LogP contribution >= 0.6 is 12.4 Å². The Kier molecular flexibility index (Phi) is 9.41. The SMILES string of the molecule is Cl.NCCCCCCC(=O)NCCCc1c[nH]c2ccccc12. The number of hydrogen-bond donors (Lipinski definition) is 3. The molecule has 1 amide bonds. The van der Waals surface area contributed by atoms with E-state index in [4.69, 9.17) is 5.73 Å². The number of benzene rings is 1. The summed E-state index contributed by atoms with van der Waals surface area (Å²) in [6, 6.07) is 8.33. The Bertz CT molecular complexity index is 582. The highest BCUT2D eigenvalue weighted by molar-refractivity contribution is 5.85. The summed E-state index contributed by atoms with van der Waals surface area (Å²) in [7, 11) is 0. The monoisotopic (exact) mass is 337 g/mol. The Balaban J connectivity index is 0.00000264. The summed E-state index contributed by atoms with van der Waals surface area (Å²) in [6.07, 6.45) is 8.92. The number of H-pyrrole nitrogens is 1. The number of aryl methyl sites for hydroxylation is 1. The van der Waals surface area contributed by atoms with Crippen molar-refractivity contribution in [1.82, 2.24) is 10.3 Å². The summed E-state index contributed by atoms with van der Waals surface area (Å²) in [4.78, 5) is 15.0. The van der Waals surface area contributed by atoms with Gasteiger partial charge in [0.2, 0.25) is 5.91 Å². The maximum Gasteiger partial charge on any atom is 0.219 e. The largest absolute Gasteiger partial charge is 0.361 e. The number of rotatable bonds is 10. The molecule has 4 N–H and O–H groups in total. The summed E-state index contributed by atoms with van der Waals surface area (Å²) >= 11 is 0. The van der Waals surface area contributed by atoms with Crippen molar-refractivity contribution >= 4 is 29.2 Å². The second-order valence-electron chi connectivity index (χ2n) is 5.77. The molecule has 5 heteroatoms. The van der Waals surface area contributed by atoms with E-state index in [1.807, 2.05) is 6.07 Å². The molecule has 0 aliphatic rings. The van der Waals surface area contributed by atoms with Crippen LogP contribution in [0.4, 0.5) is 0 Å². The molecule has 1 heterocycles. The number of carbonyl (C=O) groups is 1. The zero-order valence-corrected chi connectivity index (χ0v) is 14.5. The highest BCUT2D eigenvalue weighted by Crippen LogP contribution is 2.18. The third-order valence-electron chi connectivity index (χ3n) is 3.98. The smallest absolute Gasteiger partial charge is 0.219 e. The number of nitrogens with one attached hydrogen (secondary N) is 2. The van der Waals surface area contributed by atoms with Gasteiger partial charge in [-0.15, -0.1) is 12.4 Å². The fourth-order valence-electron chi connectivity index (χ4n) is 2.72. The van der Waals surface area contributed by atoms with Crippen molar-refractivity contribution in [2.45, 2.75) is 44.9 Å². The van der Waals surface area contributed by atoms with Crippen LogP contribution in [0.25, 0.3) is 10.9 Å². The van der Waals surface area contributed by atoms with Crippen LogP contribution < -0.4 is 11.1 Å². The number of unbranched alkanes of at least 4 members (excludes halogenated alkanes) is 3. The van der Waals surface area contributed by atoms with Crippen LogP contribution in [0.3, 0.4) is 0 Å². The van der Waals surface area contributed by atoms with Gasteiger partial charge in [0.05, 0.1) is 0 Å². The molecular formula is C18H28ClN3O. The average Bonchev–Trinajstić information content (AvgIpc) is 2.95. The van der Waals surface area contributed by atoms with Crippen molar-refractivity contribution in [3.05, 3.63) is 36.0 Å². The highest BCUT2D eigenvalue weighted by Gasteiger charge is 2.04. The molecule has 0 bridgehead atoms. The molecule has 0 radical (unpaired) electrons. The molecule has 0 unspecified atom stereocenters. The van der Waals surface area contributed by atoms with Gasteiger partial charge in [-0.25, -0.2) is 0 Å². The van der Waals surface area contributed by atoms with Gasteiger partial charge in [-0.1, -0.05) is 31.0 Å². The van der Waals surface area contributed by atoms with E-state index in [0.29, 0.717) is 6.42 Å². The van der Waals surface area contributed by atoms with Gasteiger partial charge in [0.25, 0.3) is 0 Å². The Hall–Kier alpha value is -1.52. The third kappa shape index (κ3) is 6.63. The van der Waals surface area contributed by atoms with Crippen molar-refractivity contribution in [3.8, 4) is 0 Å². The van der Waals surface area contributed by atoms with Crippen molar-refractivity contribution in [2.24, 2.45) is 5.73 Å². The first kappa shape index (κ1) is 19.5. The Morgan fingerprint density at radius 3 is 2.70 bits per heavy atom. The number of para-hydroxylation sites is 1. The Morgan fingerprint density at radius 1 is 1.09 bits per heavy atom. The molecule has 1 aromatic heterocycles. The van der Waals surface area contributed by atoms with E-state index in [1.54, 1.807) is 0 Å². The van der Waals surface area contributed by atoms with Gasteiger partial charge in [-0.2, -0.15) is 0 Å². The van der Waals surface area contributed by atoms with Crippen LogP contribution in [0, 0.1) is 0 Å². The molecule has 2 rings (SSSR count). The molecule has 0 aliphatic carbocycles. The fraction of sp³-hybridized carbons (Fsp3) is 0.500. The van der Waals surface area contributed by atoms with Gasteiger partial charge in [0.15, 0.2) is 0 Å². The Labute approximate surface area is 144 Å². The summed E-state index contributed by atoms with van der Waals surface area (Å²) in [5.74, 6) is 0.173. The topological polar surface area (TPSA) is 70.9 Å². The summed E-state index contributed by atoms with van der Waals surface area (Å²) < 4.78 is 0. The van der Waals surface area contributed by atoms with Crippen LogP contribution in [-0.4, -0.2) is 24.0 Å². The van der Waals surface area contributed by atoms with E-state index in [0.717, 1.165) is 51.6 Å². The van der Waals surface area contributed by atoms with Gasteiger partial charge in [-0.3, -0.25) is 4.79 Å². The maximum atomic E-state index is 11.7. The lowest BCUT2D eigenvalue weighted by atomic mass is 10.1. The predicted octanol–water partition coefficient (Wildman–Crippen LogP) is 3.55. The molecule has 0 spiro atoms. The summed E-state index contributed by atoms with van der Waals surface area (Å²) in [5.41, 5.74) is 7.95. The number of amides is 1. The second-order valence-corrected chi connectivity index (χ2v) is 5.77. The normalized spacial score (nSPS) is 10.5. The van der Waals surface area contributed by atoms with Crippen molar-refractivity contribution in [1.29, 1.82) is 0 Å². The molecule has 2 aromatic rings. The lowest BCUT2D eigenvalue weighted by Crippen LogP contribution is -2.24. The lowest BCUT2D eigenvalue weighted by Gasteiger charge is -2.05. The van der Waals surface area contributed by atoms with Crippen LogP contribution in [0.15, 0.2) is 30.5 Å². The van der Waals surface area contributed by atoms with Crippen LogP contribution in [-0.2, 0) is 11.2 Å². The molecule has 0 saturated heterocycles. The van der Waals surface area contributed by atoms with Gasteiger partial charge < -0.3 is 16.0 Å². The van der Waals surface area contributed by atoms with E-state index in [-0.39, 0.29) is 18.3 Å². The molecule has 0 aliphatic heterocycles. The van der Waals surface area contributed by atoms with Gasteiger partial charge in [0, 0.05) is 30.1 Å². The van der Waals surface area contributed by atoms with E-state index >= 15 is 0 Å². The quantitative estimate of drug-likeness (QED) is 0.580. The maximum absolute atomic E-state index is 11.7. The first-order chi connectivity index (χ1) is 10.8. The number of fused-ring (bicyclic) bond motifs is 1. The van der Waals surface area contributed by atoms with E-state index in [9.17, 15) is 4.79 Å². The second kappa shape index (κ2) is 11.1. The molecule has 4 nitrogen and oxygen atoms in total. The van der Waals surface area contributed by atoms with Crippen LogP contribution in [0.1, 0.15) is 44.1 Å². The molecular weight excluding hydrogens is 310 g/mol. The number of halogens is 1. The van der Waals surface area contributed by atoms with Crippen molar-refractivity contribution < 1.29 is 4.79 Å². The third-order valence-corrected chi connectivity index (χ3v) is 3.98. The van der Waals surface area contributed by atoms with Crippen LogP contribution in [0.5, 0.6) is 0 Å². The minimum Gasteiger partial charge on any atom is -0.361 e. The first-order valence-electron chi connectivity index (χ1n) is 8.33.